The number of hydrogen-bond donors (Lipinski definition) is 2. The van der Waals surface area contributed by atoms with Gasteiger partial charge in [0.2, 0.25) is 5.91 Å². The first kappa shape index (κ1) is 23.2. The van der Waals surface area contributed by atoms with Crippen molar-refractivity contribution in [2.45, 2.75) is 36.6 Å². The Balaban J connectivity index is 1.71. The quantitative estimate of drug-likeness (QED) is 0.345. The monoisotopic (exact) mass is 485 g/mol. The van der Waals surface area contributed by atoms with Crippen LogP contribution >= 0.6 is 23.4 Å². The molecule has 1 aromatic heterocycles. The summed E-state index contributed by atoms with van der Waals surface area (Å²) in [6, 6.07) is 13.0. The zero-order valence-electron chi connectivity index (χ0n) is 18.3. The van der Waals surface area contributed by atoms with E-state index in [0.29, 0.717) is 39.6 Å². The Morgan fingerprint density at radius 3 is 2.76 bits per heavy atom. The van der Waals surface area contributed by atoms with Gasteiger partial charge in [0.25, 0.3) is 5.56 Å². The van der Waals surface area contributed by atoms with Crippen molar-refractivity contribution in [3.8, 4) is 11.5 Å². The fourth-order valence-electron chi connectivity index (χ4n) is 3.77. The Kier molecular flexibility index (Phi) is 7.25. The summed E-state index contributed by atoms with van der Waals surface area (Å²) in [5.41, 5.74) is 1.77. The summed E-state index contributed by atoms with van der Waals surface area (Å²) in [7, 11) is 1.57. The van der Waals surface area contributed by atoms with Crippen LogP contribution in [0, 0.1) is 0 Å². The van der Waals surface area contributed by atoms with Gasteiger partial charge in [0.05, 0.1) is 19.3 Å². The van der Waals surface area contributed by atoms with Crippen LogP contribution in [0.15, 0.2) is 52.4 Å². The number of anilines is 1. The largest absolute Gasteiger partial charge is 0.493 e. The summed E-state index contributed by atoms with van der Waals surface area (Å²) in [6.07, 6.45) is 0.924. The standard InChI is InChI=1S/C24H24ClN3O4S/c1-3-11-32-21-15(8-6-10-18(21)31-2)16-12-19(29)26-22-20(16)23(30)28-24(27-22)33-13-14-7-4-5-9-17(14)25/h4-10,16H,3,11-13H2,1-2H3,(H2,26,27,28,29,30)/t16-/m0/s1. The molecule has 2 heterocycles. The number of amides is 1. The third kappa shape index (κ3) is 5.02. The van der Waals surface area contributed by atoms with Crippen LogP contribution in [0.25, 0.3) is 0 Å². The van der Waals surface area contributed by atoms with Crippen molar-refractivity contribution in [3.63, 3.8) is 0 Å². The average molecular weight is 486 g/mol. The fraction of sp³-hybridized carbons (Fsp3) is 0.292. The summed E-state index contributed by atoms with van der Waals surface area (Å²) in [4.78, 5) is 33.2. The number of fused-ring (bicyclic) bond motifs is 1. The van der Waals surface area contributed by atoms with Crippen LogP contribution in [0.3, 0.4) is 0 Å². The van der Waals surface area contributed by atoms with Crippen molar-refractivity contribution in [2.24, 2.45) is 0 Å². The molecule has 0 saturated carbocycles. The third-order valence-electron chi connectivity index (χ3n) is 5.31. The van der Waals surface area contributed by atoms with Gasteiger partial charge in [-0.3, -0.25) is 9.59 Å². The number of nitrogens with one attached hydrogen (secondary N) is 2. The highest BCUT2D eigenvalue weighted by Crippen LogP contribution is 2.42. The summed E-state index contributed by atoms with van der Waals surface area (Å²) < 4.78 is 11.4. The molecule has 1 aliphatic heterocycles. The lowest BCUT2D eigenvalue weighted by atomic mass is 9.86. The van der Waals surface area contributed by atoms with E-state index in [1.165, 1.54) is 11.8 Å². The molecule has 33 heavy (non-hydrogen) atoms. The summed E-state index contributed by atoms with van der Waals surface area (Å²) in [6.45, 7) is 2.50. The van der Waals surface area contributed by atoms with Crippen LogP contribution in [0.1, 0.15) is 42.4 Å². The first-order valence-electron chi connectivity index (χ1n) is 10.6. The molecular weight excluding hydrogens is 462 g/mol. The Morgan fingerprint density at radius 2 is 2.00 bits per heavy atom. The number of methoxy groups -OCH3 is 1. The van der Waals surface area contributed by atoms with E-state index >= 15 is 0 Å². The topological polar surface area (TPSA) is 93.3 Å². The normalized spacial score (nSPS) is 15.0. The summed E-state index contributed by atoms with van der Waals surface area (Å²) in [5.74, 6) is 1.19. The second-order valence-corrected chi connectivity index (χ2v) is 8.92. The average Bonchev–Trinajstić information content (AvgIpc) is 2.81. The minimum absolute atomic E-state index is 0.111. The third-order valence-corrected chi connectivity index (χ3v) is 6.60. The van der Waals surface area contributed by atoms with Crippen molar-refractivity contribution in [2.75, 3.05) is 19.0 Å². The van der Waals surface area contributed by atoms with Gasteiger partial charge in [-0.15, -0.1) is 0 Å². The predicted molar refractivity (Wildman–Crippen MR) is 130 cm³/mol. The van der Waals surface area contributed by atoms with Crippen molar-refractivity contribution >= 4 is 35.1 Å². The molecule has 7 nitrogen and oxygen atoms in total. The van der Waals surface area contributed by atoms with E-state index in [2.05, 4.69) is 15.3 Å². The Bertz CT molecular complexity index is 1230. The second kappa shape index (κ2) is 10.3. The Labute approximate surface area is 200 Å². The van der Waals surface area contributed by atoms with Crippen LogP contribution < -0.4 is 20.3 Å². The number of H-pyrrole nitrogens is 1. The van der Waals surface area contributed by atoms with Crippen molar-refractivity contribution in [3.05, 3.63) is 74.5 Å². The van der Waals surface area contributed by atoms with Gasteiger partial charge in [0.1, 0.15) is 5.82 Å². The van der Waals surface area contributed by atoms with E-state index in [1.807, 2.05) is 43.3 Å². The van der Waals surface area contributed by atoms with Crippen LogP contribution in [-0.2, 0) is 10.5 Å². The molecule has 1 atom stereocenters. The lowest BCUT2D eigenvalue weighted by Crippen LogP contribution is -2.31. The van der Waals surface area contributed by atoms with Gasteiger partial charge in [0, 0.05) is 28.7 Å². The van der Waals surface area contributed by atoms with E-state index in [4.69, 9.17) is 21.1 Å². The molecule has 4 rings (SSSR count). The van der Waals surface area contributed by atoms with Gasteiger partial charge >= 0.3 is 0 Å². The molecule has 0 radical (unpaired) electrons. The molecule has 0 spiro atoms. The minimum atomic E-state index is -0.505. The molecule has 0 aliphatic carbocycles. The number of thioether (sulfide) groups is 1. The minimum Gasteiger partial charge on any atom is -0.493 e. The number of carbonyl (C=O) groups is 1. The van der Waals surface area contributed by atoms with E-state index in [0.717, 1.165) is 17.5 Å². The maximum absolute atomic E-state index is 13.2. The molecular formula is C24H24ClN3O4S. The van der Waals surface area contributed by atoms with Crippen molar-refractivity contribution in [1.29, 1.82) is 0 Å². The van der Waals surface area contributed by atoms with Crippen LogP contribution in [-0.4, -0.2) is 29.6 Å². The lowest BCUT2D eigenvalue weighted by molar-refractivity contribution is -0.116. The van der Waals surface area contributed by atoms with E-state index in [1.54, 1.807) is 13.2 Å². The highest BCUT2D eigenvalue weighted by atomic mass is 35.5. The molecule has 1 amide bonds. The molecule has 172 valence electrons. The highest BCUT2D eigenvalue weighted by molar-refractivity contribution is 7.98. The fourth-order valence-corrected chi connectivity index (χ4v) is 4.92. The van der Waals surface area contributed by atoms with Crippen molar-refractivity contribution < 1.29 is 14.3 Å². The zero-order chi connectivity index (χ0) is 23.4. The number of aromatic nitrogens is 2. The summed E-state index contributed by atoms with van der Waals surface area (Å²) in [5, 5.41) is 3.82. The lowest BCUT2D eigenvalue weighted by Gasteiger charge is -2.26. The van der Waals surface area contributed by atoms with Crippen LogP contribution in [0.4, 0.5) is 5.82 Å². The Morgan fingerprint density at radius 1 is 1.18 bits per heavy atom. The number of rotatable bonds is 8. The second-order valence-electron chi connectivity index (χ2n) is 7.55. The Hall–Kier alpha value is -2.97. The molecule has 2 aromatic carbocycles. The smallest absolute Gasteiger partial charge is 0.257 e. The number of halogens is 1. The number of benzene rings is 2. The molecule has 0 fully saturated rings. The van der Waals surface area contributed by atoms with E-state index in [9.17, 15) is 9.59 Å². The molecule has 3 aromatic rings. The SMILES string of the molecule is CCCOc1c(OC)cccc1[C@@H]1CC(=O)Nc2nc(SCc3ccccc3Cl)[nH]c(=O)c21. The molecule has 2 N–H and O–H groups in total. The highest BCUT2D eigenvalue weighted by Gasteiger charge is 2.33. The predicted octanol–water partition coefficient (Wildman–Crippen LogP) is 4.99. The number of ether oxygens (including phenoxy) is 2. The first-order chi connectivity index (χ1) is 16.0. The van der Waals surface area contributed by atoms with Gasteiger partial charge in [-0.05, 0) is 24.1 Å². The molecule has 0 unspecified atom stereocenters. The van der Waals surface area contributed by atoms with Crippen molar-refractivity contribution in [1.82, 2.24) is 9.97 Å². The van der Waals surface area contributed by atoms with Gasteiger partial charge in [-0.25, -0.2) is 4.98 Å². The van der Waals surface area contributed by atoms with Gasteiger partial charge in [0.15, 0.2) is 16.7 Å². The number of carbonyl (C=O) groups excluding carboxylic acids is 1. The zero-order valence-corrected chi connectivity index (χ0v) is 19.9. The van der Waals surface area contributed by atoms with Gasteiger partial charge in [-0.1, -0.05) is 60.6 Å². The van der Waals surface area contributed by atoms with E-state index in [-0.39, 0.29) is 23.7 Å². The first-order valence-corrected chi connectivity index (χ1v) is 12.0. The number of hydrogen-bond acceptors (Lipinski definition) is 6. The summed E-state index contributed by atoms with van der Waals surface area (Å²) >= 11 is 7.58. The number of nitrogens with zero attached hydrogens (tertiary/aromatic N) is 1. The number of aromatic amines is 1. The number of para-hydroxylation sites is 1. The van der Waals surface area contributed by atoms with E-state index < -0.39 is 5.92 Å². The molecule has 0 saturated heterocycles. The maximum atomic E-state index is 13.2. The van der Waals surface area contributed by atoms with Gasteiger partial charge in [-0.2, -0.15) is 0 Å². The molecule has 9 heteroatoms. The van der Waals surface area contributed by atoms with Crippen LogP contribution in [0.2, 0.25) is 5.02 Å². The van der Waals surface area contributed by atoms with Crippen LogP contribution in [0.5, 0.6) is 11.5 Å². The maximum Gasteiger partial charge on any atom is 0.257 e. The molecule has 0 bridgehead atoms. The molecule has 1 aliphatic rings. The van der Waals surface area contributed by atoms with Gasteiger partial charge < -0.3 is 19.8 Å².